The molecule has 0 aliphatic carbocycles. The van der Waals surface area contributed by atoms with Gasteiger partial charge in [0.2, 0.25) is 0 Å². The number of ether oxygens (including phenoxy) is 1. The first-order valence-corrected chi connectivity index (χ1v) is 3.56. The molecule has 0 radical (unpaired) electrons. The number of likely N-dealkylation sites (N-methyl/N-ethyl adjacent to an activating group) is 1. The van der Waals surface area contributed by atoms with Crippen LogP contribution in [0.25, 0.3) is 0 Å². The Morgan fingerprint density at radius 3 is 2.56 bits per heavy atom. The zero-order chi connectivity index (χ0) is 6.85. The molecule has 1 saturated heterocycles. The van der Waals surface area contributed by atoms with E-state index in [2.05, 4.69) is 18.7 Å². The van der Waals surface area contributed by atoms with Crippen molar-refractivity contribution < 1.29 is 4.74 Å². The molecule has 1 aliphatic heterocycles. The smallest absolute Gasteiger partial charge is 0.0633 e. The van der Waals surface area contributed by atoms with Crippen LogP contribution in [0.15, 0.2) is 0 Å². The highest BCUT2D eigenvalue weighted by Crippen LogP contribution is 2.26. The van der Waals surface area contributed by atoms with Gasteiger partial charge in [0.1, 0.15) is 0 Å². The Kier molecular flexibility index (Phi) is 2.09. The summed E-state index contributed by atoms with van der Waals surface area (Å²) in [5, 5.41) is 0. The third-order valence-electron chi connectivity index (χ3n) is 2.12. The molecule has 3 atom stereocenters. The number of hydrogen-bond acceptors (Lipinski definition) is 2. The summed E-state index contributed by atoms with van der Waals surface area (Å²) in [5.41, 5.74) is 0. The third-order valence-corrected chi connectivity index (χ3v) is 2.12. The quantitative estimate of drug-likeness (QED) is 0.521. The van der Waals surface area contributed by atoms with Gasteiger partial charge in [0.05, 0.1) is 6.61 Å². The number of methoxy groups -OCH3 is 1. The van der Waals surface area contributed by atoms with Crippen LogP contribution in [0, 0.1) is 0 Å². The molecular weight excluding hydrogens is 114 g/mol. The highest BCUT2D eigenvalue weighted by molar-refractivity contribution is 4.97. The van der Waals surface area contributed by atoms with Gasteiger partial charge in [-0.1, -0.05) is 6.92 Å². The lowest BCUT2D eigenvalue weighted by atomic mass is 10.4. The van der Waals surface area contributed by atoms with Crippen molar-refractivity contribution in [1.29, 1.82) is 0 Å². The normalized spacial score (nSPS) is 41.0. The van der Waals surface area contributed by atoms with Gasteiger partial charge >= 0.3 is 0 Å². The monoisotopic (exact) mass is 129 g/mol. The number of hydrogen-bond donors (Lipinski definition) is 0. The average Bonchev–Trinajstić information content (AvgIpc) is 2.44. The molecule has 1 rings (SSSR count). The number of nitrogens with zero attached hydrogens (tertiary/aromatic N) is 1. The van der Waals surface area contributed by atoms with Gasteiger partial charge in [-0.3, -0.25) is 4.90 Å². The van der Waals surface area contributed by atoms with E-state index in [1.54, 1.807) is 7.11 Å². The highest BCUT2D eigenvalue weighted by Gasteiger charge is 2.41. The maximum Gasteiger partial charge on any atom is 0.0633 e. The minimum absolute atomic E-state index is 0.708. The first-order chi connectivity index (χ1) is 4.31. The maximum atomic E-state index is 5.03. The van der Waals surface area contributed by atoms with Crippen LogP contribution in [-0.4, -0.2) is 37.2 Å². The van der Waals surface area contributed by atoms with Crippen LogP contribution in [0.4, 0.5) is 0 Å². The summed E-state index contributed by atoms with van der Waals surface area (Å²) in [6.07, 6.45) is 0. The highest BCUT2D eigenvalue weighted by atomic mass is 16.5. The molecule has 0 aromatic rings. The second-order valence-corrected chi connectivity index (χ2v) is 2.59. The predicted molar refractivity (Wildman–Crippen MR) is 37.5 cm³/mol. The van der Waals surface area contributed by atoms with Crippen LogP contribution in [0.5, 0.6) is 0 Å². The fourth-order valence-electron chi connectivity index (χ4n) is 1.41. The molecule has 54 valence electrons. The summed E-state index contributed by atoms with van der Waals surface area (Å²) in [5.74, 6) is 0. The van der Waals surface area contributed by atoms with E-state index < -0.39 is 0 Å². The van der Waals surface area contributed by atoms with Crippen LogP contribution >= 0.6 is 0 Å². The lowest BCUT2D eigenvalue weighted by molar-refractivity contribution is 0.188. The molecule has 0 spiro atoms. The standard InChI is InChI=1S/C7H15NO/c1-4-8-6(2)7(8)5-9-3/h6-7H,4-5H2,1-3H3. The van der Waals surface area contributed by atoms with Crippen LogP contribution in [0.1, 0.15) is 13.8 Å². The average molecular weight is 129 g/mol. The van der Waals surface area contributed by atoms with E-state index in [1.807, 2.05) is 0 Å². The van der Waals surface area contributed by atoms with Crippen molar-refractivity contribution in [3.8, 4) is 0 Å². The second kappa shape index (κ2) is 2.67. The Labute approximate surface area is 56.8 Å². The fraction of sp³-hybridized carbons (Fsp3) is 1.00. The van der Waals surface area contributed by atoms with E-state index >= 15 is 0 Å². The molecule has 0 aromatic heterocycles. The first-order valence-electron chi connectivity index (χ1n) is 3.56. The van der Waals surface area contributed by atoms with Crippen LogP contribution in [0.3, 0.4) is 0 Å². The number of rotatable bonds is 3. The molecule has 0 saturated carbocycles. The molecule has 2 nitrogen and oxygen atoms in total. The minimum atomic E-state index is 0.708. The summed E-state index contributed by atoms with van der Waals surface area (Å²) in [6, 6.07) is 1.47. The summed E-state index contributed by atoms with van der Waals surface area (Å²) in [7, 11) is 1.76. The third kappa shape index (κ3) is 1.25. The molecule has 1 fully saturated rings. The van der Waals surface area contributed by atoms with Crippen molar-refractivity contribution in [3.05, 3.63) is 0 Å². The zero-order valence-corrected chi connectivity index (χ0v) is 6.42. The predicted octanol–water partition coefficient (Wildman–Crippen LogP) is 0.725. The lowest BCUT2D eigenvalue weighted by Gasteiger charge is -1.95. The van der Waals surface area contributed by atoms with E-state index in [4.69, 9.17) is 4.74 Å². The summed E-state index contributed by atoms with van der Waals surface area (Å²) < 4.78 is 5.03. The first kappa shape index (κ1) is 7.03. The second-order valence-electron chi connectivity index (χ2n) is 2.59. The van der Waals surface area contributed by atoms with Crippen LogP contribution in [0.2, 0.25) is 0 Å². The van der Waals surface area contributed by atoms with E-state index in [-0.39, 0.29) is 0 Å². The summed E-state index contributed by atoms with van der Waals surface area (Å²) >= 11 is 0. The Morgan fingerprint density at radius 1 is 1.56 bits per heavy atom. The zero-order valence-electron chi connectivity index (χ0n) is 6.42. The molecule has 0 amide bonds. The van der Waals surface area contributed by atoms with Crippen LogP contribution < -0.4 is 0 Å². The molecule has 0 bridgehead atoms. The maximum absolute atomic E-state index is 5.03. The Morgan fingerprint density at radius 2 is 2.22 bits per heavy atom. The Bertz CT molecular complexity index is 94.9. The van der Waals surface area contributed by atoms with Gasteiger partial charge < -0.3 is 4.74 Å². The van der Waals surface area contributed by atoms with Crippen molar-refractivity contribution in [2.45, 2.75) is 25.9 Å². The Balaban J connectivity index is 2.17. The van der Waals surface area contributed by atoms with Crippen molar-refractivity contribution in [2.75, 3.05) is 20.3 Å². The SMILES string of the molecule is CCN1C(C)C1COC. The van der Waals surface area contributed by atoms with Crippen molar-refractivity contribution in [2.24, 2.45) is 0 Å². The van der Waals surface area contributed by atoms with E-state index in [9.17, 15) is 0 Å². The van der Waals surface area contributed by atoms with Gasteiger partial charge in [0, 0.05) is 19.2 Å². The van der Waals surface area contributed by atoms with Gasteiger partial charge in [-0.25, -0.2) is 0 Å². The van der Waals surface area contributed by atoms with Crippen LogP contribution in [-0.2, 0) is 4.74 Å². The lowest BCUT2D eigenvalue weighted by Crippen LogP contribution is -2.05. The fourth-order valence-corrected chi connectivity index (χ4v) is 1.41. The molecule has 0 aromatic carbocycles. The summed E-state index contributed by atoms with van der Waals surface area (Å²) in [4.78, 5) is 2.42. The Hall–Kier alpha value is -0.0800. The molecule has 2 heteroatoms. The van der Waals surface area contributed by atoms with Crippen molar-refractivity contribution in [3.63, 3.8) is 0 Å². The summed E-state index contributed by atoms with van der Waals surface area (Å²) in [6.45, 7) is 6.49. The molecular formula is C7H15NO. The molecule has 0 N–H and O–H groups in total. The minimum Gasteiger partial charge on any atom is -0.383 e. The largest absolute Gasteiger partial charge is 0.383 e. The molecule has 1 aliphatic rings. The van der Waals surface area contributed by atoms with E-state index in [1.165, 1.54) is 0 Å². The van der Waals surface area contributed by atoms with Crippen molar-refractivity contribution >= 4 is 0 Å². The van der Waals surface area contributed by atoms with Crippen molar-refractivity contribution in [1.82, 2.24) is 4.90 Å². The van der Waals surface area contributed by atoms with Gasteiger partial charge in [-0.2, -0.15) is 0 Å². The molecule has 9 heavy (non-hydrogen) atoms. The molecule has 3 unspecified atom stereocenters. The van der Waals surface area contributed by atoms with Gasteiger partial charge in [0.25, 0.3) is 0 Å². The van der Waals surface area contributed by atoms with E-state index in [0.29, 0.717) is 6.04 Å². The van der Waals surface area contributed by atoms with Gasteiger partial charge in [-0.05, 0) is 13.5 Å². The topological polar surface area (TPSA) is 12.2 Å². The van der Waals surface area contributed by atoms with E-state index in [0.717, 1.165) is 19.2 Å². The van der Waals surface area contributed by atoms with Gasteiger partial charge in [-0.15, -0.1) is 0 Å². The van der Waals surface area contributed by atoms with Gasteiger partial charge in [0.15, 0.2) is 0 Å². The molecule has 1 heterocycles.